The number of nitrogens with zero attached hydrogens (tertiary/aromatic N) is 5. The summed E-state index contributed by atoms with van der Waals surface area (Å²) in [6, 6.07) is 8.22. The number of nitriles is 1. The molecule has 1 amide bonds. The summed E-state index contributed by atoms with van der Waals surface area (Å²) in [5, 5.41) is 9.55. The van der Waals surface area contributed by atoms with Gasteiger partial charge in [0.05, 0.1) is 0 Å². The molecule has 136 valence electrons. The first-order valence-corrected chi connectivity index (χ1v) is 9.34. The number of primary amides is 1. The van der Waals surface area contributed by atoms with Crippen LogP contribution in [0.1, 0.15) is 35.2 Å². The van der Waals surface area contributed by atoms with Crippen molar-refractivity contribution in [1.82, 2.24) is 14.9 Å². The summed E-state index contributed by atoms with van der Waals surface area (Å²) in [5.74, 6) is 0.621. The molecular formula is C20H20N6O. The number of fused-ring (bicyclic) bond motifs is 3. The molecule has 2 saturated heterocycles. The van der Waals surface area contributed by atoms with E-state index in [9.17, 15) is 10.1 Å². The Balaban J connectivity index is 1.57. The van der Waals surface area contributed by atoms with E-state index in [0.29, 0.717) is 23.5 Å². The highest BCUT2D eigenvalue weighted by Crippen LogP contribution is 2.49. The number of amides is 1. The van der Waals surface area contributed by atoms with E-state index in [4.69, 9.17) is 5.73 Å². The molecule has 27 heavy (non-hydrogen) atoms. The van der Waals surface area contributed by atoms with E-state index < -0.39 is 5.91 Å². The molecule has 0 aliphatic carbocycles. The first kappa shape index (κ1) is 16.1. The molecule has 2 aromatic rings. The molecule has 7 heteroatoms. The molecule has 1 aromatic carbocycles. The molecule has 4 unspecified atom stereocenters. The standard InChI is InChI=1S/C20H20N6O/c21-11-25-14-3-5-17(25)15(10-14)18-9-13-8-12(19(22)27)2-4-16(13)26(18)20-23-6-1-7-24-20/h1-2,4,6-8,14-15,17-18H,3,5,9-10H2,(H2,22,27). The normalized spacial score (nSPS) is 28.3. The molecule has 4 heterocycles. The maximum atomic E-state index is 11.6. The Kier molecular flexibility index (Phi) is 3.54. The molecule has 7 nitrogen and oxygen atoms in total. The number of aromatic nitrogens is 2. The number of hydrogen-bond acceptors (Lipinski definition) is 6. The number of rotatable bonds is 3. The molecule has 0 spiro atoms. The summed E-state index contributed by atoms with van der Waals surface area (Å²) < 4.78 is 0. The van der Waals surface area contributed by atoms with Crippen molar-refractivity contribution in [2.24, 2.45) is 11.7 Å². The fourth-order valence-corrected chi connectivity index (χ4v) is 5.25. The molecule has 0 saturated carbocycles. The van der Waals surface area contributed by atoms with Crippen molar-refractivity contribution >= 4 is 17.5 Å². The molecular weight excluding hydrogens is 340 g/mol. The van der Waals surface area contributed by atoms with Gasteiger partial charge in [0, 0.05) is 47.7 Å². The smallest absolute Gasteiger partial charge is 0.248 e. The van der Waals surface area contributed by atoms with Gasteiger partial charge in [0.25, 0.3) is 0 Å². The Morgan fingerprint density at radius 2 is 2.04 bits per heavy atom. The van der Waals surface area contributed by atoms with Gasteiger partial charge in [-0.2, -0.15) is 5.26 Å². The summed E-state index contributed by atoms with van der Waals surface area (Å²) in [5.41, 5.74) is 8.12. The van der Waals surface area contributed by atoms with Gasteiger partial charge in [0.1, 0.15) is 0 Å². The van der Waals surface area contributed by atoms with Crippen LogP contribution in [0.15, 0.2) is 36.7 Å². The highest BCUT2D eigenvalue weighted by atomic mass is 16.1. The van der Waals surface area contributed by atoms with Crippen LogP contribution < -0.4 is 10.6 Å². The van der Waals surface area contributed by atoms with Gasteiger partial charge in [-0.3, -0.25) is 4.79 Å². The summed E-state index contributed by atoms with van der Waals surface area (Å²) >= 11 is 0. The first-order chi connectivity index (χ1) is 13.2. The van der Waals surface area contributed by atoms with Crippen LogP contribution in [0, 0.1) is 17.4 Å². The van der Waals surface area contributed by atoms with Crippen molar-refractivity contribution in [1.29, 1.82) is 5.26 Å². The van der Waals surface area contributed by atoms with Gasteiger partial charge in [-0.1, -0.05) is 0 Å². The monoisotopic (exact) mass is 360 g/mol. The minimum atomic E-state index is -0.417. The fourth-order valence-electron chi connectivity index (χ4n) is 5.25. The van der Waals surface area contributed by atoms with Crippen LogP contribution in [0.25, 0.3) is 0 Å². The zero-order valence-corrected chi connectivity index (χ0v) is 14.8. The van der Waals surface area contributed by atoms with Crippen LogP contribution in [0.3, 0.4) is 0 Å². The highest BCUT2D eigenvalue weighted by molar-refractivity contribution is 5.94. The van der Waals surface area contributed by atoms with E-state index in [-0.39, 0.29) is 12.1 Å². The van der Waals surface area contributed by atoms with Crippen LogP contribution in [0.5, 0.6) is 0 Å². The number of benzene rings is 1. The second-order valence-corrected chi connectivity index (χ2v) is 7.60. The SMILES string of the molecule is N#CN1C2CCC1C(C1Cc3cc(C(N)=O)ccc3N1c1ncccn1)C2. The average Bonchev–Trinajstić information content (AvgIpc) is 3.37. The number of carbonyl (C=O) groups excluding carboxylic acids is 1. The van der Waals surface area contributed by atoms with Crippen LogP contribution in [0.2, 0.25) is 0 Å². The van der Waals surface area contributed by atoms with Gasteiger partial charge in [-0.25, -0.2) is 9.97 Å². The van der Waals surface area contributed by atoms with Crippen LogP contribution >= 0.6 is 0 Å². The summed E-state index contributed by atoms with van der Waals surface area (Å²) in [4.78, 5) is 24.8. The van der Waals surface area contributed by atoms with Crippen molar-refractivity contribution in [3.8, 4) is 6.19 Å². The first-order valence-electron chi connectivity index (χ1n) is 9.34. The van der Waals surface area contributed by atoms with Gasteiger partial charge in [-0.15, -0.1) is 0 Å². The Labute approximate surface area is 157 Å². The van der Waals surface area contributed by atoms with Crippen molar-refractivity contribution in [3.63, 3.8) is 0 Å². The Morgan fingerprint density at radius 1 is 1.22 bits per heavy atom. The number of nitrogens with two attached hydrogens (primary N) is 1. The third kappa shape index (κ3) is 2.36. The van der Waals surface area contributed by atoms with Crippen LogP contribution in [0.4, 0.5) is 11.6 Å². The lowest BCUT2D eigenvalue weighted by atomic mass is 9.82. The van der Waals surface area contributed by atoms with E-state index in [2.05, 4.69) is 21.1 Å². The van der Waals surface area contributed by atoms with E-state index in [0.717, 1.165) is 36.9 Å². The number of hydrogen-bond donors (Lipinski definition) is 1. The van der Waals surface area contributed by atoms with Crippen LogP contribution in [-0.2, 0) is 6.42 Å². The Hall–Kier alpha value is -3.14. The predicted octanol–water partition coefficient (Wildman–Crippen LogP) is 1.97. The highest BCUT2D eigenvalue weighted by Gasteiger charge is 2.52. The summed E-state index contributed by atoms with van der Waals surface area (Å²) in [6.45, 7) is 0. The molecule has 4 atom stereocenters. The van der Waals surface area contributed by atoms with Gasteiger partial charge in [0.2, 0.25) is 11.9 Å². The number of anilines is 2. The van der Waals surface area contributed by atoms with E-state index in [1.165, 1.54) is 0 Å². The fraction of sp³-hybridized carbons (Fsp3) is 0.400. The van der Waals surface area contributed by atoms with Gasteiger partial charge in [0.15, 0.2) is 6.19 Å². The topological polar surface area (TPSA) is 99.1 Å². The van der Waals surface area contributed by atoms with Crippen LogP contribution in [-0.4, -0.2) is 38.9 Å². The van der Waals surface area contributed by atoms with Gasteiger partial charge >= 0.3 is 0 Å². The molecule has 2 N–H and O–H groups in total. The number of carbonyl (C=O) groups is 1. The minimum Gasteiger partial charge on any atom is -0.366 e. The van der Waals surface area contributed by atoms with E-state index >= 15 is 0 Å². The Morgan fingerprint density at radius 3 is 2.74 bits per heavy atom. The van der Waals surface area contributed by atoms with E-state index in [1.54, 1.807) is 24.5 Å². The van der Waals surface area contributed by atoms with Crippen molar-refractivity contribution in [2.45, 2.75) is 43.8 Å². The zero-order chi connectivity index (χ0) is 18.5. The summed E-state index contributed by atoms with van der Waals surface area (Å²) in [6.07, 6.45) is 9.88. The maximum Gasteiger partial charge on any atom is 0.248 e. The van der Waals surface area contributed by atoms with Gasteiger partial charge in [-0.05, 0) is 55.5 Å². The predicted molar refractivity (Wildman–Crippen MR) is 99.0 cm³/mol. The van der Waals surface area contributed by atoms with Gasteiger partial charge < -0.3 is 15.5 Å². The molecule has 5 rings (SSSR count). The largest absolute Gasteiger partial charge is 0.366 e. The second kappa shape index (κ2) is 5.95. The van der Waals surface area contributed by atoms with Crippen molar-refractivity contribution in [3.05, 3.63) is 47.8 Å². The molecule has 1 aromatic heterocycles. The molecule has 2 fully saturated rings. The maximum absolute atomic E-state index is 11.6. The lowest BCUT2D eigenvalue weighted by molar-refractivity contribution is 0.1000. The van der Waals surface area contributed by atoms with Crippen molar-refractivity contribution < 1.29 is 4.79 Å². The quantitative estimate of drug-likeness (QED) is 0.840. The minimum absolute atomic E-state index is 0.177. The third-order valence-corrected chi connectivity index (χ3v) is 6.35. The average molecular weight is 360 g/mol. The van der Waals surface area contributed by atoms with Crippen molar-refractivity contribution in [2.75, 3.05) is 4.90 Å². The molecule has 3 aliphatic heterocycles. The zero-order valence-electron chi connectivity index (χ0n) is 14.8. The molecule has 0 radical (unpaired) electrons. The summed E-state index contributed by atoms with van der Waals surface area (Å²) in [7, 11) is 0. The molecule has 3 aliphatic rings. The second-order valence-electron chi connectivity index (χ2n) is 7.60. The lowest BCUT2D eigenvalue weighted by Crippen LogP contribution is -2.41. The Bertz CT molecular complexity index is 939. The van der Waals surface area contributed by atoms with E-state index in [1.807, 2.05) is 17.0 Å². The third-order valence-electron chi connectivity index (χ3n) is 6.35. The molecule has 2 bridgehead atoms. The lowest BCUT2D eigenvalue weighted by Gasteiger charge is -2.33.